The smallest absolute Gasteiger partial charge is 0.269 e. The van der Waals surface area contributed by atoms with Gasteiger partial charge in [0.1, 0.15) is 18.2 Å². The van der Waals surface area contributed by atoms with Gasteiger partial charge in [0.25, 0.3) is 5.91 Å². The molecule has 29 heavy (non-hydrogen) atoms. The van der Waals surface area contributed by atoms with Crippen LogP contribution in [0.4, 0.5) is 10.1 Å². The molecule has 0 saturated heterocycles. The lowest BCUT2D eigenvalue weighted by Gasteiger charge is -2.12. The third-order valence-electron chi connectivity index (χ3n) is 4.08. The average Bonchev–Trinajstić information content (AvgIpc) is 2.74. The van der Waals surface area contributed by atoms with Gasteiger partial charge in [0.05, 0.1) is 0 Å². The second kappa shape index (κ2) is 9.66. The number of hydrazine groups is 1. The SMILES string of the molecule is Cc1ccc(NC(=S)NNC(=O)c2ccc(COc3ccccc3)cc2)cc1F. The van der Waals surface area contributed by atoms with Gasteiger partial charge in [-0.15, -0.1) is 0 Å². The standard InChI is InChI=1S/C22H20FN3O2S/c1-15-7-12-18(13-20(15)23)24-22(29)26-25-21(27)17-10-8-16(9-11-17)14-28-19-5-3-2-4-6-19/h2-13H,14H2,1H3,(H,25,27)(H2,24,26,29). The first kappa shape index (κ1) is 20.3. The van der Waals surface area contributed by atoms with Gasteiger partial charge in [-0.3, -0.25) is 15.6 Å². The van der Waals surface area contributed by atoms with E-state index in [0.717, 1.165) is 11.3 Å². The maximum Gasteiger partial charge on any atom is 0.269 e. The van der Waals surface area contributed by atoms with E-state index >= 15 is 0 Å². The van der Waals surface area contributed by atoms with Crippen LogP contribution in [0.2, 0.25) is 0 Å². The number of amides is 1. The van der Waals surface area contributed by atoms with E-state index in [1.54, 1.807) is 31.2 Å². The van der Waals surface area contributed by atoms with Crippen LogP contribution in [0.25, 0.3) is 0 Å². The van der Waals surface area contributed by atoms with E-state index in [0.29, 0.717) is 23.4 Å². The normalized spacial score (nSPS) is 10.1. The first-order valence-electron chi connectivity index (χ1n) is 8.91. The van der Waals surface area contributed by atoms with Gasteiger partial charge in [-0.1, -0.05) is 36.4 Å². The molecule has 0 aromatic heterocycles. The van der Waals surface area contributed by atoms with Crippen molar-refractivity contribution in [2.45, 2.75) is 13.5 Å². The van der Waals surface area contributed by atoms with Crippen molar-refractivity contribution in [3.05, 3.63) is 95.3 Å². The van der Waals surface area contributed by atoms with Crippen LogP contribution in [0.1, 0.15) is 21.5 Å². The Morgan fingerprint density at radius 3 is 2.41 bits per heavy atom. The Morgan fingerprint density at radius 1 is 1.00 bits per heavy atom. The van der Waals surface area contributed by atoms with Crippen molar-refractivity contribution in [1.82, 2.24) is 10.9 Å². The third-order valence-corrected chi connectivity index (χ3v) is 4.29. The van der Waals surface area contributed by atoms with Gasteiger partial charge in [-0.25, -0.2) is 4.39 Å². The Bertz CT molecular complexity index is 995. The van der Waals surface area contributed by atoms with E-state index in [1.807, 2.05) is 42.5 Å². The highest BCUT2D eigenvalue weighted by Crippen LogP contribution is 2.14. The minimum atomic E-state index is -0.347. The molecular weight excluding hydrogens is 389 g/mol. The summed E-state index contributed by atoms with van der Waals surface area (Å²) in [5, 5.41) is 2.95. The number of thiocarbonyl (C=S) groups is 1. The van der Waals surface area contributed by atoms with E-state index in [4.69, 9.17) is 17.0 Å². The van der Waals surface area contributed by atoms with E-state index in [1.165, 1.54) is 6.07 Å². The molecule has 3 aromatic carbocycles. The number of hydrogen-bond donors (Lipinski definition) is 3. The first-order valence-corrected chi connectivity index (χ1v) is 9.32. The number of anilines is 1. The molecule has 0 saturated carbocycles. The highest BCUT2D eigenvalue weighted by molar-refractivity contribution is 7.80. The number of halogens is 1. The summed E-state index contributed by atoms with van der Waals surface area (Å²) in [5.41, 5.74) is 7.54. The maximum atomic E-state index is 13.6. The van der Waals surface area contributed by atoms with Crippen LogP contribution in [-0.2, 0) is 6.61 Å². The maximum absolute atomic E-state index is 13.6. The summed E-state index contributed by atoms with van der Waals surface area (Å²) in [6.07, 6.45) is 0. The highest BCUT2D eigenvalue weighted by Gasteiger charge is 2.07. The lowest BCUT2D eigenvalue weighted by molar-refractivity contribution is 0.0944. The lowest BCUT2D eigenvalue weighted by atomic mass is 10.1. The number of hydrogen-bond acceptors (Lipinski definition) is 3. The zero-order valence-electron chi connectivity index (χ0n) is 15.7. The van der Waals surface area contributed by atoms with Gasteiger partial charge in [-0.2, -0.15) is 0 Å². The Kier molecular flexibility index (Phi) is 6.76. The van der Waals surface area contributed by atoms with Crippen LogP contribution in [0.5, 0.6) is 5.75 Å². The number of rotatable bonds is 5. The molecule has 1 amide bonds. The highest BCUT2D eigenvalue weighted by atomic mass is 32.1. The van der Waals surface area contributed by atoms with Gasteiger partial charge in [0.15, 0.2) is 5.11 Å². The quantitative estimate of drug-likeness (QED) is 0.432. The van der Waals surface area contributed by atoms with Crippen LogP contribution in [-0.4, -0.2) is 11.0 Å². The molecule has 3 N–H and O–H groups in total. The lowest BCUT2D eigenvalue weighted by Crippen LogP contribution is -2.43. The summed E-state index contributed by atoms with van der Waals surface area (Å²) in [7, 11) is 0. The molecule has 3 aromatic rings. The van der Waals surface area contributed by atoms with Crippen molar-refractivity contribution in [2.75, 3.05) is 5.32 Å². The molecule has 0 bridgehead atoms. The zero-order valence-corrected chi connectivity index (χ0v) is 16.6. The van der Waals surface area contributed by atoms with E-state index in [2.05, 4.69) is 16.2 Å². The van der Waals surface area contributed by atoms with Crippen LogP contribution in [0.15, 0.2) is 72.8 Å². The molecule has 5 nitrogen and oxygen atoms in total. The zero-order chi connectivity index (χ0) is 20.6. The number of ether oxygens (including phenoxy) is 1. The van der Waals surface area contributed by atoms with Crippen LogP contribution in [0, 0.1) is 12.7 Å². The van der Waals surface area contributed by atoms with E-state index in [-0.39, 0.29) is 16.8 Å². The Hall–Kier alpha value is -3.45. The number of carbonyl (C=O) groups is 1. The molecule has 0 radical (unpaired) electrons. The average molecular weight is 409 g/mol. The van der Waals surface area contributed by atoms with Crippen LogP contribution >= 0.6 is 12.2 Å². The van der Waals surface area contributed by atoms with Crippen molar-refractivity contribution in [3.63, 3.8) is 0 Å². The minimum absolute atomic E-state index is 0.148. The third kappa shape index (κ3) is 6.02. The second-order valence-electron chi connectivity index (χ2n) is 6.30. The summed E-state index contributed by atoms with van der Waals surface area (Å²) < 4.78 is 19.2. The molecule has 7 heteroatoms. The molecule has 0 aliphatic heterocycles. The van der Waals surface area contributed by atoms with Crippen molar-refractivity contribution in [2.24, 2.45) is 0 Å². The summed E-state index contributed by atoms with van der Waals surface area (Å²) in [4.78, 5) is 12.2. The fourth-order valence-electron chi connectivity index (χ4n) is 2.45. The largest absolute Gasteiger partial charge is 0.489 e. The van der Waals surface area contributed by atoms with Gasteiger partial charge in [0.2, 0.25) is 0 Å². The van der Waals surface area contributed by atoms with Gasteiger partial charge < -0.3 is 10.1 Å². The molecule has 0 fully saturated rings. The van der Waals surface area contributed by atoms with Gasteiger partial charge in [0, 0.05) is 11.3 Å². The topological polar surface area (TPSA) is 62.4 Å². The Morgan fingerprint density at radius 2 is 1.72 bits per heavy atom. The van der Waals surface area contributed by atoms with Crippen LogP contribution in [0.3, 0.4) is 0 Å². The monoisotopic (exact) mass is 409 g/mol. The molecule has 0 unspecified atom stereocenters. The molecule has 0 heterocycles. The van der Waals surface area contributed by atoms with Crippen molar-refractivity contribution in [3.8, 4) is 5.75 Å². The van der Waals surface area contributed by atoms with Crippen molar-refractivity contribution < 1.29 is 13.9 Å². The fourth-order valence-corrected chi connectivity index (χ4v) is 2.62. The molecule has 0 aliphatic carbocycles. The summed E-state index contributed by atoms with van der Waals surface area (Å²) in [6.45, 7) is 2.08. The molecule has 0 spiro atoms. The number of aryl methyl sites for hydroxylation is 1. The Labute approximate surface area is 173 Å². The fraction of sp³-hybridized carbons (Fsp3) is 0.0909. The van der Waals surface area contributed by atoms with Crippen molar-refractivity contribution in [1.29, 1.82) is 0 Å². The summed E-state index contributed by atoms with van der Waals surface area (Å²) in [5.74, 6) is 0.103. The predicted molar refractivity (Wildman–Crippen MR) is 115 cm³/mol. The molecule has 0 atom stereocenters. The van der Waals surface area contributed by atoms with E-state index in [9.17, 15) is 9.18 Å². The minimum Gasteiger partial charge on any atom is -0.489 e. The van der Waals surface area contributed by atoms with E-state index < -0.39 is 0 Å². The summed E-state index contributed by atoms with van der Waals surface area (Å²) in [6, 6.07) is 21.2. The molecular formula is C22H20FN3O2S. The van der Waals surface area contributed by atoms with Crippen LogP contribution < -0.4 is 20.9 Å². The summed E-state index contributed by atoms with van der Waals surface area (Å²) >= 11 is 5.11. The number of nitrogens with one attached hydrogen (secondary N) is 3. The predicted octanol–water partition coefficient (Wildman–Crippen LogP) is 4.34. The van der Waals surface area contributed by atoms with Gasteiger partial charge in [-0.05, 0) is 66.7 Å². The molecule has 3 rings (SSSR count). The number of para-hydroxylation sites is 1. The van der Waals surface area contributed by atoms with Crippen molar-refractivity contribution >= 4 is 28.9 Å². The molecule has 0 aliphatic rings. The second-order valence-corrected chi connectivity index (χ2v) is 6.70. The first-order chi connectivity index (χ1) is 14.0. The van der Waals surface area contributed by atoms with Gasteiger partial charge >= 0.3 is 0 Å². The number of benzene rings is 3. The molecule has 148 valence electrons. The number of carbonyl (C=O) groups excluding carboxylic acids is 1. The Balaban J connectivity index is 1.47.